The van der Waals surface area contributed by atoms with Gasteiger partial charge in [-0.2, -0.15) is 0 Å². The minimum atomic E-state index is -0.737. The van der Waals surface area contributed by atoms with Crippen molar-refractivity contribution in [3.8, 4) is 0 Å². The van der Waals surface area contributed by atoms with Crippen LogP contribution in [0, 0.1) is 0 Å². The molecule has 0 aromatic heterocycles. The second-order valence-corrected chi connectivity index (χ2v) is 6.28. The van der Waals surface area contributed by atoms with Gasteiger partial charge in [0.25, 0.3) is 0 Å². The molecule has 7 heteroatoms. The molecule has 1 atom stereocenters. The predicted molar refractivity (Wildman–Crippen MR) is 108 cm³/mol. The zero-order valence-electron chi connectivity index (χ0n) is 16.4. The van der Waals surface area contributed by atoms with Gasteiger partial charge < -0.3 is 14.8 Å². The number of dihydropyridines is 1. The molecule has 1 aliphatic heterocycles. The monoisotopic (exact) mass is 413 g/mol. The summed E-state index contributed by atoms with van der Waals surface area (Å²) in [6, 6.07) is 5.09. The summed E-state index contributed by atoms with van der Waals surface area (Å²) < 4.78 is 10.1. The highest BCUT2D eigenvalue weighted by Crippen LogP contribution is 2.43. The summed E-state index contributed by atoms with van der Waals surface area (Å²) in [4.78, 5) is 25.0. The molecule has 1 N–H and O–H groups in total. The van der Waals surface area contributed by atoms with E-state index in [-0.39, 0.29) is 11.6 Å². The fraction of sp³-hybridized carbons (Fsp3) is 0.400. The Morgan fingerprint density at radius 2 is 1.63 bits per heavy atom. The van der Waals surface area contributed by atoms with Crippen LogP contribution in [0.15, 0.2) is 40.7 Å². The molecule has 1 unspecified atom stereocenters. The molecule has 1 heterocycles. The van der Waals surface area contributed by atoms with Crippen LogP contribution in [0.2, 0.25) is 10.0 Å². The zero-order valence-corrected chi connectivity index (χ0v) is 17.9. The van der Waals surface area contributed by atoms with Gasteiger partial charge in [0.05, 0.1) is 40.8 Å². The molecular formula is C20H25Cl2NO4. The lowest BCUT2D eigenvalue weighted by Crippen LogP contribution is -2.32. The molecule has 2 rings (SSSR count). The zero-order chi connectivity index (χ0) is 20.7. The van der Waals surface area contributed by atoms with E-state index in [1.807, 2.05) is 13.8 Å². The summed E-state index contributed by atoms with van der Waals surface area (Å²) in [5.74, 6) is -1.82. The molecule has 27 heavy (non-hydrogen) atoms. The number of carbonyl (C=O) groups excluding carboxylic acids is 2. The Labute approximate surface area is 170 Å². The average Bonchev–Trinajstić information content (AvgIpc) is 2.64. The van der Waals surface area contributed by atoms with Crippen LogP contribution in [0.4, 0.5) is 0 Å². The summed E-state index contributed by atoms with van der Waals surface area (Å²) in [5.41, 5.74) is 2.30. The number of nitrogens with one attached hydrogen (secondary N) is 1. The molecule has 1 aromatic rings. The number of ether oxygens (including phenoxy) is 2. The molecule has 148 valence electrons. The Bertz CT molecular complexity index is 784. The Balaban J connectivity index is 0.00000176. The van der Waals surface area contributed by atoms with E-state index < -0.39 is 17.9 Å². The SMILES string of the molecule is CC.CCOC(=O)C1=C(C)NC(C)=C(C(=O)OC)C1c1cccc(Cl)c1Cl. The molecule has 0 amide bonds. The lowest BCUT2D eigenvalue weighted by atomic mass is 9.80. The third-order valence-electron chi connectivity index (χ3n) is 3.95. The summed E-state index contributed by atoms with van der Waals surface area (Å²) in [6.45, 7) is 9.41. The average molecular weight is 414 g/mol. The number of hydrogen-bond acceptors (Lipinski definition) is 5. The third-order valence-corrected chi connectivity index (χ3v) is 4.79. The van der Waals surface area contributed by atoms with E-state index in [0.717, 1.165) is 0 Å². The van der Waals surface area contributed by atoms with Crippen LogP contribution >= 0.6 is 23.2 Å². The Hall–Kier alpha value is -1.98. The molecular weight excluding hydrogens is 389 g/mol. The molecule has 0 aliphatic carbocycles. The van der Waals surface area contributed by atoms with Crippen LogP contribution in [0.25, 0.3) is 0 Å². The number of carbonyl (C=O) groups is 2. The summed E-state index contributed by atoms with van der Waals surface area (Å²) >= 11 is 12.5. The largest absolute Gasteiger partial charge is 0.466 e. The standard InChI is InChI=1S/C18H19Cl2NO4.C2H6/c1-5-25-18(23)14-10(3)21-9(2)13(17(22)24-4)15(14)11-7-6-8-12(19)16(11)20;1-2/h6-8,15,21H,5H2,1-4H3;1-2H3. The van der Waals surface area contributed by atoms with Crippen molar-refractivity contribution in [2.45, 2.75) is 40.5 Å². The van der Waals surface area contributed by atoms with Crippen molar-refractivity contribution in [1.82, 2.24) is 5.32 Å². The Kier molecular flexibility index (Phi) is 8.86. The van der Waals surface area contributed by atoms with Gasteiger partial charge in [0, 0.05) is 11.4 Å². The van der Waals surface area contributed by atoms with Crippen molar-refractivity contribution in [3.63, 3.8) is 0 Å². The van der Waals surface area contributed by atoms with E-state index in [0.29, 0.717) is 33.1 Å². The van der Waals surface area contributed by atoms with Gasteiger partial charge in [0.2, 0.25) is 0 Å². The van der Waals surface area contributed by atoms with Crippen LogP contribution in [-0.4, -0.2) is 25.7 Å². The number of benzene rings is 1. The second-order valence-electron chi connectivity index (χ2n) is 5.49. The van der Waals surface area contributed by atoms with E-state index in [1.165, 1.54) is 7.11 Å². The number of methoxy groups -OCH3 is 1. The van der Waals surface area contributed by atoms with Crippen LogP contribution in [0.3, 0.4) is 0 Å². The van der Waals surface area contributed by atoms with Gasteiger partial charge >= 0.3 is 11.9 Å². The third kappa shape index (κ3) is 4.85. The van der Waals surface area contributed by atoms with Crippen LogP contribution < -0.4 is 5.32 Å². The minimum absolute atomic E-state index is 0.210. The maximum atomic E-state index is 12.6. The Morgan fingerprint density at radius 1 is 1.07 bits per heavy atom. The molecule has 0 bridgehead atoms. The van der Waals surface area contributed by atoms with Crippen molar-refractivity contribution in [1.29, 1.82) is 0 Å². The Morgan fingerprint density at radius 3 is 2.15 bits per heavy atom. The molecule has 0 spiro atoms. The quantitative estimate of drug-likeness (QED) is 0.704. The highest BCUT2D eigenvalue weighted by atomic mass is 35.5. The van der Waals surface area contributed by atoms with Crippen molar-refractivity contribution in [3.05, 3.63) is 56.3 Å². The topological polar surface area (TPSA) is 64.6 Å². The van der Waals surface area contributed by atoms with E-state index in [4.69, 9.17) is 32.7 Å². The molecule has 0 saturated carbocycles. The summed E-state index contributed by atoms with van der Waals surface area (Å²) in [6.07, 6.45) is 0. The second kappa shape index (κ2) is 10.4. The van der Waals surface area contributed by atoms with Gasteiger partial charge in [-0.05, 0) is 32.4 Å². The fourth-order valence-electron chi connectivity index (χ4n) is 2.91. The highest BCUT2D eigenvalue weighted by Gasteiger charge is 2.38. The first-order chi connectivity index (χ1) is 12.8. The normalized spacial score (nSPS) is 16.2. The smallest absolute Gasteiger partial charge is 0.336 e. The molecule has 5 nitrogen and oxygen atoms in total. The number of allylic oxidation sites excluding steroid dienone is 2. The van der Waals surface area contributed by atoms with Gasteiger partial charge in [0.1, 0.15) is 0 Å². The molecule has 0 radical (unpaired) electrons. The van der Waals surface area contributed by atoms with Gasteiger partial charge in [-0.25, -0.2) is 9.59 Å². The molecule has 0 saturated heterocycles. The van der Waals surface area contributed by atoms with Crippen molar-refractivity contribution >= 4 is 35.1 Å². The molecule has 1 aliphatic rings. The molecule has 0 fully saturated rings. The first kappa shape index (κ1) is 23.1. The van der Waals surface area contributed by atoms with E-state index in [2.05, 4.69) is 5.32 Å². The van der Waals surface area contributed by atoms with Gasteiger partial charge in [-0.15, -0.1) is 0 Å². The van der Waals surface area contributed by atoms with Crippen molar-refractivity contribution < 1.29 is 19.1 Å². The summed E-state index contributed by atoms with van der Waals surface area (Å²) in [7, 11) is 1.29. The summed E-state index contributed by atoms with van der Waals surface area (Å²) in [5, 5.41) is 3.66. The van der Waals surface area contributed by atoms with Crippen LogP contribution in [-0.2, 0) is 19.1 Å². The number of hydrogen-bond donors (Lipinski definition) is 1. The van der Waals surface area contributed by atoms with Gasteiger partial charge in [-0.3, -0.25) is 0 Å². The lowest BCUT2D eigenvalue weighted by molar-refractivity contribution is -0.139. The fourth-order valence-corrected chi connectivity index (χ4v) is 3.33. The first-order valence-electron chi connectivity index (χ1n) is 8.71. The van der Waals surface area contributed by atoms with Crippen molar-refractivity contribution in [2.24, 2.45) is 0 Å². The van der Waals surface area contributed by atoms with Crippen LogP contribution in [0.5, 0.6) is 0 Å². The van der Waals surface area contributed by atoms with Gasteiger partial charge in [0.15, 0.2) is 0 Å². The first-order valence-corrected chi connectivity index (χ1v) is 9.46. The number of halogens is 2. The molecule has 1 aromatic carbocycles. The predicted octanol–water partition coefficient (Wildman–Crippen LogP) is 4.99. The minimum Gasteiger partial charge on any atom is -0.466 e. The maximum Gasteiger partial charge on any atom is 0.336 e. The van der Waals surface area contributed by atoms with E-state index in [1.54, 1.807) is 39.0 Å². The number of esters is 2. The van der Waals surface area contributed by atoms with E-state index in [9.17, 15) is 9.59 Å². The lowest BCUT2D eigenvalue weighted by Gasteiger charge is -2.30. The van der Waals surface area contributed by atoms with E-state index >= 15 is 0 Å². The maximum absolute atomic E-state index is 12.6. The number of rotatable bonds is 4. The van der Waals surface area contributed by atoms with Crippen molar-refractivity contribution in [2.75, 3.05) is 13.7 Å². The van der Waals surface area contributed by atoms with Gasteiger partial charge in [-0.1, -0.05) is 49.2 Å². The highest BCUT2D eigenvalue weighted by molar-refractivity contribution is 6.42. The van der Waals surface area contributed by atoms with Crippen LogP contribution in [0.1, 0.15) is 46.1 Å².